The van der Waals surface area contributed by atoms with Crippen LogP contribution in [-0.2, 0) is 0 Å². The normalized spacial score (nSPS) is 11.8. The lowest BCUT2D eigenvalue weighted by Crippen LogP contribution is -2.20. The molecule has 2 rings (SSSR count). The number of hydrogen-bond donors (Lipinski definition) is 2. The predicted molar refractivity (Wildman–Crippen MR) is 73.9 cm³/mol. The minimum Gasteiger partial charge on any atom is -0.302 e. The minimum absolute atomic E-state index is 0.286. The van der Waals surface area contributed by atoms with Crippen molar-refractivity contribution in [1.29, 1.82) is 10.5 Å². The lowest BCUT2D eigenvalue weighted by molar-refractivity contribution is 0.696. The number of nitrogens with one attached hydrogen (secondary N) is 2. The lowest BCUT2D eigenvalue weighted by atomic mass is 9.80. The van der Waals surface area contributed by atoms with Gasteiger partial charge in [0.05, 0.1) is 12.1 Å². The number of nitriles is 2. The summed E-state index contributed by atoms with van der Waals surface area (Å²) < 4.78 is 0. The third-order valence-corrected chi connectivity index (χ3v) is 3.46. The molecule has 0 aliphatic carbocycles. The van der Waals surface area contributed by atoms with Gasteiger partial charge >= 0.3 is 0 Å². The SMILES string of the molecule is Cc1ccccc1[C@@H](c1c(C)[nH][nH]c1=O)C(C#N)C#N. The first-order chi connectivity index (χ1) is 9.60. The smallest absolute Gasteiger partial charge is 0.268 e. The van der Waals surface area contributed by atoms with Gasteiger partial charge in [-0.1, -0.05) is 24.3 Å². The molecule has 0 saturated heterocycles. The molecule has 0 radical (unpaired) electrons. The van der Waals surface area contributed by atoms with Crippen LogP contribution in [0.4, 0.5) is 0 Å². The van der Waals surface area contributed by atoms with E-state index in [0.717, 1.165) is 11.1 Å². The molecule has 1 aromatic carbocycles. The Kier molecular flexibility index (Phi) is 3.72. The Hall–Kier alpha value is -2.79. The van der Waals surface area contributed by atoms with Gasteiger partial charge in [-0.3, -0.25) is 9.89 Å². The number of nitrogens with zero attached hydrogens (tertiary/aromatic N) is 2. The molecule has 0 spiro atoms. The summed E-state index contributed by atoms with van der Waals surface area (Å²) >= 11 is 0. The summed E-state index contributed by atoms with van der Waals surface area (Å²) in [5.41, 5.74) is 2.60. The predicted octanol–water partition coefficient (Wildman–Crippen LogP) is 2.12. The third kappa shape index (κ3) is 2.22. The van der Waals surface area contributed by atoms with Gasteiger partial charge in [0.2, 0.25) is 0 Å². The van der Waals surface area contributed by atoms with Crippen LogP contribution in [0.25, 0.3) is 0 Å². The van der Waals surface area contributed by atoms with E-state index in [4.69, 9.17) is 0 Å². The highest BCUT2D eigenvalue weighted by molar-refractivity contribution is 5.41. The zero-order chi connectivity index (χ0) is 14.7. The van der Waals surface area contributed by atoms with Crippen LogP contribution in [0.3, 0.4) is 0 Å². The van der Waals surface area contributed by atoms with Gasteiger partial charge in [0.25, 0.3) is 5.56 Å². The van der Waals surface area contributed by atoms with E-state index in [1.54, 1.807) is 6.92 Å². The Bertz CT molecular complexity index is 743. The molecule has 100 valence electrons. The standard InChI is InChI=1S/C15H14N4O/c1-9-5-3-4-6-12(9)14(11(7-16)8-17)13-10(2)18-19-15(13)20/h3-6,11,14H,1-2H3,(H2,18,19,20)/t14-/m0/s1. The van der Waals surface area contributed by atoms with Gasteiger partial charge in [0.1, 0.15) is 5.92 Å². The zero-order valence-electron chi connectivity index (χ0n) is 11.3. The maximum absolute atomic E-state index is 12.0. The molecular formula is C15H14N4O. The molecule has 1 atom stereocenters. The quantitative estimate of drug-likeness (QED) is 0.890. The van der Waals surface area contributed by atoms with Gasteiger partial charge in [-0.2, -0.15) is 10.5 Å². The lowest BCUT2D eigenvalue weighted by Gasteiger charge is -2.19. The van der Waals surface area contributed by atoms with Crippen LogP contribution in [0.5, 0.6) is 0 Å². The molecule has 5 heteroatoms. The molecule has 0 amide bonds. The van der Waals surface area contributed by atoms with Crippen molar-refractivity contribution in [3.05, 3.63) is 57.0 Å². The molecule has 0 unspecified atom stereocenters. The van der Waals surface area contributed by atoms with Gasteiger partial charge in [0, 0.05) is 17.2 Å². The molecule has 1 heterocycles. The van der Waals surface area contributed by atoms with Crippen molar-refractivity contribution in [2.75, 3.05) is 0 Å². The Balaban J connectivity index is 2.71. The molecule has 0 aliphatic rings. The van der Waals surface area contributed by atoms with E-state index in [9.17, 15) is 15.3 Å². The van der Waals surface area contributed by atoms with E-state index in [-0.39, 0.29) is 5.56 Å². The van der Waals surface area contributed by atoms with E-state index in [0.29, 0.717) is 11.3 Å². The highest BCUT2D eigenvalue weighted by Crippen LogP contribution is 2.32. The number of H-pyrrole nitrogens is 2. The van der Waals surface area contributed by atoms with Crippen molar-refractivity contribution in [2.24, 2.45) is 5.92 Å². The molecule has 0 aliphatic heterocycles. The number of hydrogen-bond acceptors (Lipinski definition) is 3. The zero-order valence-corrected chi connectivity index (χ0v) is 11.3. The van der Waals surface area contributed by atoms with Crippen LogP contribution in [-0.4, -0.2) is 10.2 Å². The molecule has 2 aromatic rings. The Morgan fingerprint density at radius 3 is 2.25 bits per heavy atom. The largest absolute Gasteiger partial charge is 0.302 e. The molecule has 0 fully saturated rings. The first kappa shape index (κ1) is 13.6. The molecular weight excluding hydrogens is 252 g/mol. The average molecular weight is 266 g/mol. The number of benzene rings is 1. The Morgan fingerprint density at radius 2 is 1.75 bits per heavy atom. The first-order valence-electron chi connectivity index (χ1n) is 6.22. The number of aromatic amines is 2. The van der Waals surface area contributed by atoms with E-state index in [1.165, 1.54) is 0 Å². The van der Waals surface area contributed by atoms with Crippen molar-refractivity contribution < 1.29 is 0 Å². The van der Waals surface area contributed by atoms with E-state index >= 15 is 0 Å². The van der Waals surface area contributed by atoms with Crippen molar-refractivity contribution in [2.45, 2.75) is 19.8 Å². The van der Waals surface area contributed by atoms with Crippen LogP contribution in [0.1, 0.15) is 28.3 Å². The fourth-order valence-corrected chi connectivity index (χ4v) is 2.45. The summed E-state index contributed by atoms with van der Waals surface area (Å²) in [5.74, 6) is -1.46. The minimum atomic E-state index is -0.910. The highest BCUT2D eigenvalue weighted by Gasteiger charge is 2.30. The molecule has 0 bridgehead atoms. The fraction of sp³-hybridized carbons (Fsp3) is 0.267. The second-order valence-electron chi connectivity index (χ2n) is 4.69. The summed E-state index contributed by atoms with van der Waals surface area (Å²) in [6.45, 7) is 3.66. The summed E-state index contributed by atoms with van der Waals surface area (Å²) in [4.78, 5) is 12.0. The van der Waals surface area contributed by atoms with Gasteiger partial charge in [-0.05, 0) is 25.0 Å². The molecule has 2 N–H and O–H groups in total. The topological polar surface area (TPSA) is 96.2 Å². The van der Waals surface area contributed by atoms with Gasteiger partial charge in [-0.25, -0.2) is 0 Å². The van der Waals surface area contributed by atoms with E-state index < -0.39 is 11.8 Å². The van der Waals surface area contributed by atoms with Crippen LogP contribution >= 0.6 is 0 Å². The fourth-order valence-electron chi connectivity index (χ4n) is 2.45. The second-order valence-corrected chi connectivity index (χ2v) is 4.69. The molecule has 0 saturated carbocycles. The van der Waals surface area contributed by atoms with Crippen molar-refractivity contribution >= 4 is 0 Å². The second kappa shape index (κ2) is 5.46. The molecule has 20 heavy (non-hydrogen) atoms. The average Bonchev–Trinajstić information content (AvgIpc) is 2.77. The number of aryl methyl sites for hydroxylation is 2. The summed E-state index contributed by atoms with van der Waals surface area (Å²) in [6.07, 6.45) is 0. The number of aromatic nitrogens is 2. The van der Waals surface area contributed by atoms with E-state index in [2.05, 4.69) is 10.2 Å². The third-order valence-electron chi connectivity index (χ3n) is 3.46. The number of rotatable bonds is 3. The molecule has 5 nitrogen and oxygen atoms in total. The van der Waals surface area contributed by atoms with Gasteiger partial charge in [-0.15, -0.1) is 0 Å². The van der Waals surface area contributed by atoms with Gasteiger partial charge < -0.3 is 5.10 Å². The van der Waals surface area contributed by atoms with Crippen LogP contribution in [0.2, 0.25) is 0 Å². The first-order valence-corrected chi connectivity index (χ1v) is 6.22. The maximum atomic E-state index is 12.0. The molecule has 1 aromatic heterocycles. The Morgan fingerprint density at radius 1 is 1.10 bits per heavy atom. The van der Waals surface area contributed by atoms with Crippen molar-refractivity contribution in [3.63, 3.8) is 0 Å². The van der Waals surface area contributed by atoms with Crippen LogP contribution in [0, 0.1) is 42.4 Å². The summed E-state index contributed by atoms with van der Waals surface area (Å²) in [6, 6.07) is 11.5. The van der Waals surface area contributed by atoms with Crippen LogP contribution < -0.4 is 5.56 Å². The summed E-state index contributed by atoms with van der Waals surface area (Å²) in [7, 11) is 0. The summed E-state index contributed by atoms with van der Waals surface area (Å²) in [5, 5.41) is 23.7. The van der Waals surface area contributed by atoms with Crippen molar-refractivity contribution in [3.8, 4) is 12.1 Å². The monoisotopic (exact) mass is 266 g/mol. The van der Waals surface area contributed by atoms with Crippen molar-refractivity contribution in [1.82, 2.24) is 10.2 Å². The van der Waals surface area contributed by atoms with E-state index in [1.807, 2.05) is 43.3 Å². The van der Waals surface area contributed by atoms with Crippen LogP contribution in [0.15, 0.2) is 29.1 Å². The maximum Gasteiger partial charge on any atom is 0.268 e. The highest BCUT2D eigenvalue weighted by atomic mass is 16.1. The van der Waals surface area contributed by atoms with Gasteiger partial charge in [0.15, 0.2) is 0 Å². The Labute approximate surface area is 116 Å².